The van der Waals surface area contributed by atoms with Crippen molar-refractivity contribution in [3.05, 3.63) is 29.8 Å². The molecule has 0 aliphatic carbocycles. The van der Waals surface area contributed by atoms with E-state index < -0.39 is 15.6 Å². The Bertz CT molecular complexity index is 462. The molecule has 0 amide bonds. The Morgan fingerprint density at radius 2 is 1.82 bits per heavy atom. The van der Waals surface area contributed by atoms with Crippen LogP contribution in [0.3, 0.4) is 0 Å². The normalized spacial score (nSPS) is 15.5. The fraction of sp³-hybridized carbons (Fsp3) is 0.500. The highest BCUT2D eigenvalue weighted by Crippen LogP contribution is 2.15. The largest absolute Gasteiger partial charge is 0.329 e. The molecule has 0 aliphatic heterocycles. The summed E-state index contributed by atoms with van der Waals surface area (Å²) in [6, 6.07) is 6.76. The Morgan fingerprint density at radius 3 is 2.24 bits per heavy atom. The van der Waals surface area contributed by atoms with E-state index >= 15 is 0 Å². The van der Waals surface area contributed by atoms with Crippen molar-refractivity contribution in [2.75, 3.05) is 6.54 Å². The van der Waals surface area contributed by atoms with Gasteiger partial charge in [0.25, 0.3) is 0 Å². The fourth-order valence-corrected chi connectivity index (χ4v) is 2.85. The van der Waals surface area contributed by atoms with Crippen LogP contribution in [0.25, 0.3) is 0 Å². The van der Waals surface area contributed by atoms with Crippen LogP contribution in [0.4, 0.5) is 0 Å². The van der Waals surface area contributed by atoms with E-state index in [0.717, 1.165) is 5.56 Å². The van der Waals surface area contributed by atoms with Crippen LogP contribution in [-0.4, -0.2) is 20.5 Å². The van der Waals surface area contributed by atoms with Crippen molar-refractivity contribution in [2.24, 2.45) is 5.73 Å². The van der Waals surface area contributed by atoms with E-state index in [1.165, 1.54) is 0 Å². The summed E-state index contributed by atoms with van der Waals surface area (Å²) in [6.45, 7) is 5.90. The average Bonchev–Trinajstić information content (AvgIpc) is 2.29. The number of nitrogens with one attached hydrogen (secondary N) is 1. The number of nitrogens with two attached hydrogens (primary N) is 1. The minimum atomic E-state index is -3.49. The van der Waals surface area contributed by atoms with Crippen LogP contribution in [0.1, 0.15) is 25.8 Å². The number of sulfonamides is 1. The van der Waals surface area contributed by atoms with Crippen molar-refractivity contribution in [2.45, 2.75) is 37.6 Å². The van der Waals surface area contributed by atoms with Crippen molar-refractivity contribution in [3.8, 4) is 0 Å². The SMILES string of the molecule is CCC(C)(CN)NS(=O)(=O)c1ccc(C)cc1. The molecule has 1 rings (SSSR count). The second-order valence-corrected chi connectivity index (χ2v) is 6.22. The summed E-state index contributed by atoms with van der Waals surface area (Å²) >= 11 is 0. The first-order valence-electron chi connectivity index (χ1n) is 5.64. The summed E-state index contributed by atoms with van der Waals surface area (Å²) in [5.74, 6) is 0. The van der Waals surface area contributed by atoms with Crippen LogP contribution in [0.15, 0.2) is 29.2 Å². The number of hydrogen-bond donors (Lipinski definition) is 2. The van der Waals surface area contributed by atoms with E-state index in [-0.39, 0.29) is 11.4 Å². The average molecular weight is 256 g/mol. The zero-order valence-electron chi connectivity index (χ0n) is 10.5. The molecule has 0 bridgehead atoms. The molecule has 0 radical (unpaired) electrons. The maximum absolute atomic E-state index is 12.1. The molecule has 17 heavy (non-hydrogen) atoms. The first-order valence-corrected chi connectivity index (χ1v) is 7.12. The van der Waals surface area contributed by atoms with Crippen LogP contribution >= 0.6 is 0 Å². The van der Waals surface area contributed by atoms with E-state index in [9.17, 15) is 8.42 Å². The molecule has 0 spiro atoms. The fourth-order valence-electron chi connectivity index (χ4n) is 1.36. The quantitative estimate of drug-likeness (QED) is 0.836. The van der Waals surface area contributed by atoms with E-state index in [4.69, 9.17) is 5.73 Å². The maximum atomic E-state index is 12.1. The first kappa shape index (κ1) is 14.2. The molecule has 1 atom stereocenters. The third kappa shape index (κ3) is 3.52. The highest BCUT2D eigenvalue weighted by Gasteiger charge is 2.27. The Hall–Kier alpha value is -0.910. The second kappa shape index (κ2) is 5.16. The van der Waals surface area contributed by atoms with Gasteiger partial charge in [-0.3, -0.25) is 0 Å². The smallest absolute Gasteiger partial charge is 0.241 e. The van der Waals surface area contributed by atoms with Gasteiger partial charge in [-0.15, -0.1) is 0 Å². The lowest BCUT2D eigenvalue weighted by Crippen LogP contribution is -2.50. The van der Waals surface area contributed by atoms with Crippen molar-refractivity contribution in [1.29, 1.82) is 0 Å². The molecular formula is C12H20N2O2S. The highest BCUT2D eigenvalue weighted by molar-refractivity contribution is 7.89. The summed E-state index contributed by atoms with van der Waals surface area (Å²) in [5.41, 5.74) is 6.04. The second-order valence-electron chi connectivity index (χ2n) is 4.54. The zero-order chi connectivity index (χ0) is 13.1. The molecule has 5 heteroatoms. The summed E-state index contributed by atoms with van der Waals surface area (Å²) < 4.78 is 26.9. The minimum Gasteiger partial charge on any atom is -0.329 e. The molecule has 4 nitrogen and oxygen atoms in total. The van der Waals surface area contributed by atoms with E-state index in [0.29, 0.717) is 6.42 Å². The van der Waals surface area contributed by atoms with Crippen LogP contribution in [0, 0.1) is 6.92 Å². The molecule has 96 valence electrons. The van der Waals surface area contributed by atoms with E-state index in [1.54, 1.807) is 31.2 Å². The van der Waals surface area contributed by atoms with Crippen LogP contribution in [0.2, 0.25) is 0 Å². The van der Waals surface area contributed by atoms with Gasteiger partial charge >= 0.3 is 0 Å². The van der Waals surface area contributed by atoms with E-state index in [2.05, 4.69) is 4.72 Å². The lowest BCUT2D eigenvalue weighted by molar-refractivity contribution is 0.411. The molecule has 3 N–H and O–H groups in total. The predicted octanol–water partition coefficient (Wildman–Crippen LogP) is 1.40. The summed E-state index contributed by atoms with van der Waals surface area (Å²) in [7, 11) is -3.49. The van der Waals surface area contributed by atoms with Crippen LogP contribution in [0.5, 0.6) is 0 Å². The lowest BCUT2D eigenvalue weighted by atomic mass is 10.0. The summed E-state index contributed by atoms with van der Waals surface area (Å²) in [6.07, 6.45) is 0.647. The monoisotopic (exact) mass is 256 g/mol. The molecule has 0 saturated carbocycles. The molecule has 0 aromatic heterocycles. The van der Waals surface area contributed by atoms with Gasteiger partial charge in [-0.25, -0.2) is 13.1 Å². The van der Waals surface area contributed by atoms with Crippen molar-refractivity contribution >= 4 is 10.0 Å². The van der Waals surface area contributed by atoms with Gasteiger partial charge in [0.05, 0.1) is 4.90 Å². The third-order valence-electron chi connectivity index (χ3n) is 2.94. The standard InChI is InChI=1S/C12H20N2O2S/c1-4-12(3,9-13)14-17(15,16)11-7-5-10(2)6-8-11/h5-8,14H,4,9,13H2,1-3H3. The molecule has 0 fully saturated rings. The van der Waals surface area contributed by atoms with Gasteiger partial charge in [0.1, 0.15) is 0 Å². The Balaban J connectivity index is 3.00. The molecule has 1 unspecified atom stereocenters. The third-order valence-corrected chi connectivity index (χ3v) is 4.60. The number of aryl methyl sites for hydroxylation is 1. The van der Waals surface area contributed by atoms with E-state index in [1.807, 2.05) is 13.8 Å². The molecule has 0 heterocycles. The van der Waals surface area contributed by atoms with Crippen molar-refractivity contribution in [1.82, 2.24) is 4.72 Å². The zero-order valence-corrected chi connectivity index (χ0v) is 11.3. The van der Waals surface area contributed by atoms with Gasteiger partial charge in [0, 0.05) is 12.1 Å². The maximum Gasteiger partial charge on any atom is 0.241 e. The van der Waals surface area contributed by atoms with Crippen LogP contribution < -0.4 is 10.5 Å². The first-order chi connectivity index (χ1) is 7.83. The van der Waals surface area contributed by atoms with Gasteiger partial charge in [-0.05, 0) is 32.4 Å². The predicted molar refractivity (Wildman–Crippen MR) is 69.3 cm³/mol. The molecular weight excluding hydrogens is 236 g/mol. The number of hydrogen-bond acceptors (Lipinski definition) is 3. The number of rotatable bonds is 5. The van der Waals surface area contributed by atoms with Crippen LogP contribution in [-0.2, 0) is 10.0 Å². The molecule has 1 aromatic rings. The van der Waals surface area contributed by atoms with Gasteiger partial charge in [0.15, 0.2) is 0 Å². The Labute approximate surface area is 103 Å². The number of benzene rings is 1. The summed E-state index contributed by atoms with van der Waals surface area (Å²) in [4.78, 5) is 0.274. The molecule has 1 aromatic carbocycles. The van der Waals surface area contributed by atoms with Gasteiger partial charge < -0.3 is 5.73 Å². The van der Waals surface area contributed by atoms with Gasteiger partial charge in [-0.1, -0.05) is 24.6 Å². The summed E-state index contributed by atoms with van der Waals surface area (Å²) in [5, 5.41) is 0. The van der Waals surface area contributed by atoms with Crippen molar-refractivity contribution in [3.63, 3.8) is 0 Å². The lowest BCUT2D eigenvalue weighted by Gasteiger charge is -2.27. The Kier molecular flexibility index (Phi) is 4.30. The van der Waals surface area contributed by atoms with Gasteiger partial charge in [-0.2, -0.15) is 0 Å². The molecule has 0 saturated heterocycles. The van der Waals surface area contributed by atoms with Crippen molar-refractivity contribution < 1.29 is 8.42 Å². The highest BCUT2D eigenvalue weighted by atomic mass is 32.2. The molecule has 0 aliphatic rings. The van der Waals surface area contributed by atoms with Gasteiger partial charge in [0.2, 0.25) is 10.0 Å². The Morgan fingerprint density at radius 1 is 1.29 bits per heavy atom. The topological polar surface area (TPSA) is 72.2 Å². The minimum absolute atomic E-state index is 0.272.